The Morgan fingerprint density at radius 2 is 2.26 bits per heavy atom. The van der Waals surface area contributed by atoms with Gasteiger partial charge in [0, 0.05) is 26.2 Å². The summed E-state index contributed by atoms with van der Waals surface area (Å²) in [6.07, 6.45) is 1.66. The summed E-state index contributed by atoms with van der Waals surface area (Å²) in [6, 6.07) is 5.51. The molecule has 1 N–H and O–H groups in total. The largest absolute Gasteiger partial charge is 0.497 e. The molecule has 2 rings (SSSR count). The highest BCUT2D eigenvalue weighted by Gasteiger charge is 2.27. The summed E-state index contributed by atoms with van der Waals surface area (Å²) in [4.78, 5) is 13.5. The second-order valence-corrected chi connectivity index (χ2v) is 4.83. The molecule has 5 heteroatoms. The Morgan fingerprint density at radius 1 is 1.53 bits per heavy atom. The SMILES string of the molecule is COc1ccc2c(c1)C(N(C)O)CCCN2C(C)=O. The van der Waals surface area contributed by atoms with Crippen LogP contribution in [0.25, 0.3) is 0 Å². The van der Waals surface area contributed by atoms with Crippen LogP contribution < -0.4 is 9.64 Å². The molecule has 0 fully saturated rings. The quantitative estimate of drug-likeness (QED) is 0.832. The van der Waals surface area contributed by atoms with Crippen molar-refractivity contribution in [2.75, 3.05) is 25.6 Å². The maximum absolute atomic E-state index is 11.8. The minimum absolute atomic E-state index is 0.0210. The normalized spacial score (nSPS) is 19.0. The number of ether oxygens (including phenoxy) is 1. The van der Waals surface area contributed by atoms with E-state index in [0.717, 1.165) is 29.8 Å². The van der Waals surface area contributed by atoms with Crippen LogP contribution in [-0.4, -0.2) is 36.9 Å². The van der Waals surface area contributed by atoms with Crippen LogP contribution in [0.3, 0.4) is 0 Å². The van der Waals surface area contributed by atoms with E-state index in [1.807, 2.05) is 18.2 Å². The van der Waals surface area contributed by atoms with E-state index < -0.39 is 0 Å². The summed E-state index contributed by atoms with van der Waals surface area (Å²) < 4.78 is 5.24. The molecule has 1 heterocycles. The number of rotatable bonds is 2. The molecule has 1 atom stereocenters. The van der Waals surface area contributed by atoms with Crippen molar-refractivity contribution >= 4 is 11.6 Å². The minimum Gasteiger partial charge on any atom is -0.497 e. The van der Waals surface area contributed by atoms with Crippen LogP contribution in [0.4, 0.5) is 5.69 Å². The molecule has 1 aromatic carbocycles. The van der Waals surface area contributed by atoms with Crippen LogP contribution in [0.1, 0.15) is 31.4 Å². The number of nitrogens with zero attached hydrogens (tertiary/aromatic N) is 2. The van der Waals surface area contributed by atoms with Crippen molar-refractivity contribution in [2.45, 2.75) is 25.8 Å². The Labute approximate surface area is 113 Å². The number of hydrogen-bond donors (Lipinski definition) is 1. The molecule has 0 saturated heterocycles. The summed E-state index contributed by atoms with van der Waals surface area (Å²) in [7, 11) is 3.25. The highest BCUT2D eigenvalue weighted by molar-refractivity contribution is 5.92. The monoisotopic (exact) mass is 264 g/mol. The molecule has 0 radical (unpaired) electrons. The lowest BCUT2D eigenvalue weighted by molar-refractivity contribution is -0.116. The summed E-state index contributed by atoms with van der Waals surface area (Å²) in [5.41, 5.74) is 1.79. The predicted octanol–water partition coefficient (Wildman–Crippen LogP) is 2.20. The van der Waals surface area contributed by atoms with Crippen LogP contribution >= 0.6 is 0 Å². The van der Waals surface area contributed by atoms with Gasteiger partial charge >= 0.3 is 0 Å². The smallest absolute Gasteiger partial charge is 0.223 e. The summed E-state index contributed by atoms with van der Waals surface area (Å²) in [5, 5.41) is 11.0. The van der Waals surface area contributed by atoms with Crippen molar-refractivity contribution in [3.63, 3.8) is 0 Å². The molecule has 1 aromatic rings. The van der Waals surface area contributed by atoms with Crippen molar-refractivity contribution in [2.24, 2.45) is 0 Å². The van der Waals surface area contributed by atoms with Gasteiger partial charge in [-0.25, -0.2) is 0 Å². The average Bonchev–Trinajstić information content (AvgIpc) is 2.57. The maximum Gasteiger partial charge on any atom is 0.223 e. The van der Waals surface area contributed by atoms with Gasteiger partial charge in [-0.15, -0.1) is 0 Å². The fourth-order valence-corrected chi connectivity index (χ4v) is 2.61. The molecule has 1 unspecified atom stereocenters. The zero-order valence-corrected chi connectivity index (χ0v) is 11.6. The van der Waals surface area contributed by atoms with Gasteiger partial charge in [-0.05, 0) is 36.6 Å². The van der Waals surface area contributed by atoms with E-state index in [1.54, 1.807) is 26.0 Å². The molecule has 0 spiro atoms. The molecule has 104 valence electrons. The van der Waals surface area contributed by atoms with Crippen LogP contribution in [-0.2, 0) is 4.79 Å². The molecule has 0 saturated carbocycles. The number of amides is 1. The molecular weight excluding hydrogens is 244 g/mol. The molecule has 0 bridgehead atoms. The van der Waals surface area contributed by atoms with Gasteiger partial charge in [0.15, 0.2) is 0 Å². The second-order valence-electron chi connectivity index (χ2n) is 4.83. The molecule has 1 amide bonds. The highest BCUT2D eigenvalue weighted by Crippen LogP contribution is 2.37. The number of hydroxylamine groups is 2. The van der Waals surface area contributed by atoms with E-state index in [4.69, 9.17) is 4.74 Å². The van der Waals surface area contributed by atoms with Crippen molar-refractivity contribution in [3.8, 4) is 5.75 Å². The van der Waals surface area contributed by atoms with Crippen molar-refractivity contribution in [1.29, 1.82) is 0 Å². The first-order valence-corrected chi connectivity index (χ1v) is 6.42. The molecule has 0 aliphatic carbocycles. The van der Waals surface area contributed by atoms with E-state index >= 15 is 0 Å². The first-order chi connectivity index (χ1) is 9.04. The molecule has 19 heavy (non-hydrogen) atoms. The Kier molecular flexibility index (Phi) is 4.07. The topological polar surface area (TPSA) is 53.0 Å². The number of anilines is 1. The zero-order valence-electron chi connectivity index (χ0n) is 11.6. The molecular formula is C14H20N2O3. The lowest BCUT2D eigenvalue weighted by atomic mass is 10.0. The minimum atomic E-state index is -0.116. The van der Waals surface area contributed by atoms with Gasteiger partial charge in [0.1, 0.15) is 5.75 Å². The zero-order chi connectivity index (χ0) is 14.0. The number of benzene rings is 1. The summed E-state index contributed by atoms with van der Waals surface area (Å²) in [6.45, 7) is 2.25. The Bertz CT molecular complexity index is 474. The van der Waals surface area contributed by atoms with Gasteiger partial charge in [-0.2, -0.15) is 5.06 Å². The molecule has 5 nitrogen and oxygen atoms in total. The van der Waals surface area contributed by atoms with Gasteiger partial charge in [-0.1, -0.05) is 0 Å². The number of carbonyl (C=O) groups is 1. The van der Waals surface area contributed by atoms with Gasteiger partial charge < -0.3 is 14.8 Å². The van der Waals surface area contributed by atoms with E-state index in [0.29, 0.717) is 6.54 Å². The van der Waals surface area contributed by atoms with E-state index in [2.05, 4.69) is 0 Å². The number of fused-ring (bicyclic) bond motifs is 1. The third-order valence-corrected chi connectivity index (χ3v) is 3.57. The van der Waals surface area contributed by atoms with Crippen LogP contribution in [0.15, 0.2) is 18.2 Å². The van der Waals surface area contributed by atoms with Crippen molar-refractivity contribution < 1.29 is 14.7 Å². The first kappa shape index (κ1) is 13.8. The molecule has 0 aromatic heterocycles. The van der Waals surface area contributed by atoms with Crippen LogP contribution in [0.2, 0.25) is 0 Å². The van der Waals surface area contributed by atoms with E-state index in [-0.39, 0.29) is 11.9 Å². The lowest BCUT2D eigenvalue weighted by Crippen LogP contribution is -2.29. The number of carbonyl (C=O) groups excluding carboxylic acids is 1. The fraction of sp³-hybridized carbons (Fsp3) is 0.500. The predicted molar refractivity (Wildman–Crippen MR) is 72.5 cm³/mol. The maximum atomic E-state index is 11.8. The van der Waals surface area contributed by atoms with Crippen LogP contribution in [0, 0.1) is 0 Å². The Balaban J connectivity index is 2.53. The highest BCUT2D eigenvalue weighted by atomic mass is 16.5. The van der Waals surface area contributed by atoms with E-state index in [9.17, 15) is 10.0 Å². The van der Waals surface area contributed by atoms with Gasteiger partial charge in [0.2, 0.25) is 5.91 Å². The molecule has 1 aliphatic heterocycles. The van der Waals surface area contributed by atoms with Crippen LogP contribution in [0.5, 0.6) is 5.75 Å². The lowest BCUT2D eigenvalue weighted by Gasteiger charge is -2.25. The van der Waals surface area contributed by atoms with Gasteiger partial charge in [-0.3, -0.25) is 4.79 Å². The third-order valence-electron chi connectivity index (χ3n) is 3.57. The second kappa shape index (κ2) is 5.59. The number of methoxy groups -OCH3 is 1. The standard InChI is InChI=1S/C14H20N2O3/c1-10(17)16-8-4-5-13(15(2)18)12-9-11(19-3)6-7-14(12)16/h6-7,9,13,18H,4-5,8H2,1-3H3. The van der Waals surface area contributed by atoms with Gasteiger partial charge in [0.25, 0.3) is 0 Å². The van der Waals surface area contributed by atoms with E-state index in [1.165, 1.54) is 5.06 Å². The fourth-order valence-electron chi connectivity index (χ4n) is 2.61. The molecule has 1 aliphatic rings. The van der Waals surface area contributed by atoms with Crippen molar-refractivity contribution in [3.05, 3.63) is 23.8 Å². The number of hydrogen-bond acceptors (Lipinski definition) is 4. The summed E-state index contributed by atoms with van der Waals surface area (Å²) >= 11 is 0. The Morgan fingerprint density at radius 3 is 2.84 bits per heavy atom. The summed E-state index contributed by atoms with van der Waals surface area (Å²) in [5.74, 6) is 0.753. The third kappa shape index (κ3) is 2.72. The van der Waals surface area contributed by atoms with Gasteiger partial charge in [0.05, 0.1) is 13.2 Å². The van der Waals surface area contributed by atoms with Crippen molar-refractivity contribution in [1.82, 2.24) is 5.06 Å². The first-order valence-electron chi connectivity index (χ1n) is 6.42. The Hall–Kier alpha value is -1.59. The average molecular weight is 264 g/mol.